The summed E-state index contributed by atoms with van der Waals surface area (Å²) in [6, 6.07) is 12.8. The Kier molecular flexibility index (Phi) is 6.92. The quantitative estimate of drug-likeness (QED) is 0.517. The van der Waals surface area contributed by atoms with Gasteiger partial charge in [-0.15, -0.1) is 11.3 Å². The summed E-state index contributed by atoms with van der Waals surface area (Å²) >= 11 is 7.57. The summed E-state index contributed by atoms with van der Waals surface area (Å²) in [5.41, 5.74) is 1.52. The van der Waals surface area contributed by atoms with Crippen molar-refractivity contribution < 1.29 is 19.0 Å². The molecule has 1 aromatic heterocycles. The van der Waals surface area contributed by atoms with E-state index in [1.807, 2.05) is 35.7 Å². The molecule has 0 aliphatic heterocycles. The number of nitrogens with one attached hydrogen (secondary N) is 1. The summed E-state index contributed by atoms with van der Waals surface area (Å²) in [5.74, 6) is -0.410. The molecule has 5 nitrogen and oxygen atoms in total. The highest BCUT2D eigenvalue weighted by Gasteiger charge is 2.25. The molecule has 1 heterocycles. The third kappa shape index (κ3) is 4.83. The lowest BCUT2D eigenvalue weighted by atomic mass is 9.99. The number of rotatable bonds is 7. The van der Waals surface area contributed by atoms with E-state index >= 15 is 0 Å². The van der Waals surface area contributed by atoms with Crippen LogP contribution in [0.5, 0.6) is 5.75 Å². The molecule has 0 bridgehead atoms. The third-order valence-corrected chi connectivity index (χ3v) is 6.24. The summed E-state index contributed by atoms with van der Waals surface area (Å²) < 4.78 is 17.8. The second kappa shape index (κ2) is 9.39. The molecule has 0 aliphatic carbocycles. The van der Waals surface area contributed by atoms with Gasteiger partial charge in [-0.05, 0) is 46.7 Å². The standard InChI is InChI=1S/C20H19ClNO4PS/c1-26-18-5-3-2-4-13(18)8-9-22-20(23)16(11-27(24)25)17-12-28-19-7-6-14(21)10-15(17)19/h2-10,12,16,27H,11H2,1H3,(H,22,23)(H,24,25)/b9-8+. The minimum Gasteiger partial charge on any atom is -0.496 e. The van der Waals surface area contributed by atoms with E-state index < -0.39 is 13.9 Å². The molecular weight excluding hydrogens is 417 g/mol. The van der Waals surface area contributed by atoms with Crippen molar-refractivity contribution in [2.75, 3.05) is 13.3 Å². The van der Waals surface area contributed by atoms with E-state index in [2.05, 4.69) is 5.32 Å². The molecule has 0 saturated heterocycles. The molecule has 0 fully saturated rings. The highest BCUT2D eigenvalue weighted by Crippen LogP contribution is 2.36. The molecule has 3 aromatic rings. The average Bonchev–Trinajstić information content (AvgIpc) is 3.09. The molecule has 2 aromatic carbocycles. The van der Waals surface area contributed by atoms with E-state index in [1.165, 1.54) is 17.5 Å². The number of hydrogen-bond acceptors (Lipinski definition) is 4. The number of fused-ring (bicyclic) bond motifs is 1. The third-order valence-electron chi connectivity index (χ3n) is 4.26. The Morgan fingerprint density at radius 2 is 2.14 bits per heavy atom. The molecule has 0 radical (unpaired) electrons. The minimum absolute atomic E-state index is 0.128. The van der Waals surface area contributed by atoms with Crippen LogP contribution in [0.4, 0.5) is 0 Å². The van der Waals surface area contributed by atoms with Crippen molar-refractivity contribution in [3.8, 4) is 5.75 Å². The molecule has 28 heavy (non-hydrogen) atoms. The maximum Gasteiger partial charge on any atom is 0.232 e. The number of methoxy groups -OCH3 is 1. The van der Waals surface area contributed by atoms with E-state index in [0.717, 1.165) is 15.6 Å². The van der Waals surface area contributed by atoms with Gasteiger partial charge >= 0.3 is 0 Å². The zero-order chi connectivity index (χ0) is 20.1. The second-order valence-electron chi connectivity index (χ2n) is 6.07. The lowest BCUT2D eigenvalue weighted by Gasteiger charge is -2.14. The van der Waals surface area contributed by atoms with E-state index in [-0.39, 0.29) is 12.1 Å². The van der Waals surface area contributed by atoms with Crippen LogP contribution in [-0.2, 0) is 9.36 Å². The van der Waals surface area contributed by atoms with Crippen molar-refractivity contribution in [2.45, 2.75) is 5.92 Å². The maximum atomic E-state index is 12.8. The molecule has 8 heteroatoms. The molecule has 3 rings (SSSR count). The SMILES string of the molecule is COc1ccccc1/C=C/NC(=O)C(C[PH](=O)O)c1csc2ccc(Cl)cc12. The fourth-order valence-electron chi connectivity index (χ4n) is 2.93. The second-order valence-corrected chi connectivity index (χ2v) is 8.61. The topological polar surface area (TPSA) is 75.6 Å². The highest BCUT2D eigenvalue weighted by atomic mass is 35.5. The lowest BCUT2D eigenvalue weighted by Crippen LogP contribution is -2.26. The Labute approximate surface area is 172 Å². The maximum absolute atomic E-state index is 12.8. The number of ether oxygens (including phenoxy) is 1. The van der Waals surface area contributed by atoms with Gasteiger partial charge in [0, 0.05) is 27.6 Å². The van der Waals surface area contributed by atoms with E-state index in [1.54, 1.807) is 25.3 Å². The number of benzene rings is 2. The molecule has 2 N–H and O–H groups in total. The van der Waals surface area contributed by atoms with Crippen LogP contribution < -0.4 is 10.1 Å². The van der Waals surface area contributed by atoms with Gasteiger partial charge in [0.05, 0.1) is 13.0 Å². The first-order valence-electron chi connectivity index (χ1n) is 8.48. The Bertz CT molecular complexity index is 1050. The van der Waals surface area contributed by atoms with Crippen LogP contribution >= 0.6 is 31.0 Å². The predicted octanol–water partition coefficient (Wildman–Crippen LogP) is 4.90. The highest BCUT2D eigenvalue weighted by molar-refractivity contribution is 7.38. The Hall–Kier alpha value is -2.11. The van der Waals surface area contributed by atoms with Gasteiger partial charge in [-0.3, -0.25) is 9.36 Å². The van der Waals surface area contributed by atoms with Gasteiger partial charge < -0.3 is 14.9 Å². The van der Waals surface area contributed by atoms with Gasteiger partial charge in [0.15, 0.2) is 8.03 Å². The zero-order valence-corrected chi connectivity index (χ0v) is 17.6. The molecule has 0 aliphatic rings. The van der Waals surface area contributed by atoms with Crippen LogP contribution in [0.3, 0.4) is 0 Å². The number of hydrogen-bond donors (Lipinski definition) is 2. The van der Waals surface area contributed by atoms with Crippen molar-refractivity contribution in [2.24, 2.45) is 0 Å². The molecule has 2 unspecified atom stereocenters. The summed E-state index contributed by atoms with van der Waals surface area (Å²) in [6.45, 7) is 0. The first kappa shape index (κ1) is 20.6. The zero-order valence-electron chi connectivity index (χ0n) is 15.0. The monoisotopic (exact) mass is 435 g/mol. The smallest absolute Gasteiger partial charge is 0.232 e. The van der Waals surface area contributed by atoms with Crippen LogP contribution in [-0.4, -0.2) is 24.1 Å². The van der Waals surface area contributed by atoms with Gasteiger partial charge in [-0.1, -0.05) is 29.8 Å². The van der Waals surface area contributed by atoms with Crippen molar-refractivity contribution in [3.05, 3.63) is 70.2 Å². The average molecular weight is 436 g/mol. The summed E-state index contributed by atoms with van der Waals surface area (Å²) in [7, 11) is -1.27. The number of thiophene rings is 1. The molecule has 1 amide bonds. The number of para-hydroxylation sites is 1. The van der Waals surface area contributed by atoms with Gasteiger partial charge in [0.25, 0.3) is 0 Å². The number of halogens is 1. The Morgan fingerprint density at radius 1 is 1.36 bits per heavy atom. The molecule has 146 valence electrons. The first-order valence-corrected chi connectivity index (χ1v) is 11.3. The first-order chi connectivity index (χ1) is 13.5. The van der Waals surface area contributed by atoms with Crippen molar-refractivity contribution in [1.82, 2.24) is 5.32 Å². The summed E-state index contributed by atoms with van der Waals surface area (Å²) in [6.07, 6.45) is 3.11. The number of carbonyl (C=O) groups is 1. The van der Waals surface area contributed by atoms with E-state index in [4.69, 9.17) is 16.3 Å². The molecule has 2 atom stereocenters. The van der Waals surface area contributed by atoms with Crippen molar-refractivity contribution >= 4 is 53.0 Å². The van der Waals surface area contributed by atoms with Gasteiger partial charge in [-0.25, -0.2) is 0 Å². The van der Waals surface area contributed by atoms with E-state index in [0.29, 0.717) is 16.3 Å². The molecular formula is C20H19ClNO4PS. The minimum atomic E-state index is -2.85. The largest absolute Gasteiger partial charge is 0.496 e. The van der Waals surface area contributed by atoms with Gasteiger partial charge in [0.2, 0.25) is 5.91 Å². The van der Waals surface area contributed by atoms with Crippen LogP contribution in [0.2, 0.25) is 5.02 Å². The van der Waals surface area contributed by atoms with Crippen LogP contribution in [0.1, 0.15) is 17.0 Å². The summed E-state index contributed by atoms with van der Waals surface area (Å²) in [4.78, 5) is 22.3. The Balaban J connectivity index is 1.85. The van der Waals surface area contributed by atoms with Gasteiger partial charge in [-0.2, -0.15) is 0 Å². The normalized spacial score (nSPS) is 13.5. The van der Waals surface area contributed by atoms with Crippen molar-refractivity contribution in [3.63, 3.8) is 0 Å². The van der Waals surface area contributed by atoms with Crippen LogP contribution in [0.25, 0.3) is 16.2 Å². The molecule has 0 spiro atoms. The fraction of sp³-hybridized carbons (Fsp3) is 0.150. The van der Waals surface area contributed by atoms with Crippen LogP contribution in [0.15, 0.2) is 54.0 Å². The number of carbonyl (C=O) groups excluding carboxylic acids is 1. The predicted molar refractivity (Wildman–Crippen MR) is 116 cm³/mol. The lowest BCUT2D eigenvalue weighted by molar-refractivity contribution is -0.121. The molecule has 0 saturated carbocycles. The number of amides is 1. The Morgan fingerprint density at radius 3 is 2.89 bits per heavy atom. The van der Waals surface area contributed by atoms with E-state index in [9.17, 15) is 14.3 Å². The van der Waals surface area contributed by atoms with Crippen molar-refractivity contribution in [1.29, 1.82) is 0 Å². The van der Waals surface area contributed by atoms with Gasteiger partial charge in [0.1, 0.15) is 5.75 Å². The summed E-state index contributed by atoms with van der Waals surface area (Å²) in [5, 5.41) is 5.95. The van der Waals surface area contributed by atoms with Crippen LogP contribution in [0, 0.1) is 0 Å². The fourth-order valence-corrected chi connectivity index (χ4v) is 4.85.